The number of aryl methyl sites for hydroxylation is 1. The first kappa shape index (κ1) is 12.9. The van der Waals surface area contributed by atoms with Crippen LogP contribution in [0.4, 0.5) is 11.6 Å². The van der Waals surface area contributed by atoms with Gasteiger partial charge in [0, 0.05) is 36.8 Å². The van der Waals surface area contributed by atoms with Crippen LogP contribution in [0.3, 0.4) is 0 Å². The van der Waals surface area contributed by atoms with Gasteiger partial charge < -0.3 is 10.6 Å². The van der Waals surface area contributed by atoms with Gasteiger partial charge in [0.2, 0.25) is 11.8 Å². The molecular weight excluding hydrogens is 276 g/mol. The molecule has 20 heavy (non-hydrogen) atoms. The van der Waals surface area contributed by atoms with E-state index in [2.05, 4.69) is 15.7 Å². The van der Waals surface area contributed by atoms with Crippen molar-refractivity contribution < 1.29 is 9.59 Å². The van der Waals surface area contributed by atoms with Gasteiger partial charge in [0.15, 0.2) is 5.82 Å². The Morgan fingerprint density at radius 3 is 3.05 bits per heavy atom. The predicted octanol–water partition coefficient (Wildman–Crippen LogP) is 1.91. The lowest BCUT2D eigenvalue weighted by atomic mass is 9.92. The minimum Gasteiger partial charge on any atom is -0.311 e. The van der Waals surface area contributed by atoms with Gasteiger partial charge in [-0.05, 0) is 11.4 Å². The number of fused-ring (bicyclic) bond motifs is 1. The molecule has 2 aromatic rings. The van der Waals surface area contributed by atoms with Crippen molar-refractivity contribution >= 4 is 34.8 Å². The molecular formula is C13H14N4O2S. The molecule has 1 atom stereocenters. The normalized spacial score (nSPS) is 17.5. The first-order valence-corrected chi connectivity index (χ1v) is 7.12. The molecule has 0 aliphatic carbocycles. The van der Waals surface area contributed by atoms with E-state index in [0.29, 0.717) is 18.1 Å². The number of nitrogens with one attached hydrogen (secondary N) is 2. The molecule has 0 spiro atoms. The van der Waals surface area contributed by atoms with Crippen LogP contribution in [0, 0.1) is 0 Å². The average Bonchev–Trinajstić information content (AvgIpc) is 2.98. The maximum atomic E-state index is 11.9. The largest absolute Gasteiger partial charge is 0.311 e. The molecule has 6 nitrogen and oxygen atoms in total. The Bertz CT molecular complexity index is 675. The Morgan fingerprint density at radius 2 is 2.40 bits per heavy atom. The maximum absolute atomic E-state index is 11.9. The van der Waals surface area contributed by atoms with Crippen LogP contribution >= 0.6 is 11.3 Å². The van der Waals surface area contributed by atoms with Crippen molar-refractivity contribution in [2.24, 2.45) is 7.05 Å². The molecule has 104 valence electrons. The van der Waals surface area contributed by atoms with Gasteiger partial charge in [-0.1, -0.05) is 6.07 Å². The van der Waals surface area contributed by atoms with Gasteiger partial charge in [0.05, 0.1) is 0 Å². The highest BCUT2D eigenvalue weighted by Gasteiger charge is 2.33. The van der Waals surface area contributed by atoms with Crippen molar-refractivity contribution in [2.75, 3.05) is 10.6 Å². The highest BCUT2D eigenvalue weighted by molar-refractivity contribution is 7.10. The summed E-state index contributed by atoms with van der Waals surface area (Å²) >= 11 is 1.60. The monoisotopic (exact) mass is 290 g/mol. The Hall–Kier alpha value is -2.15. The minimum absolute atomic E-state index is 0.0340. The van der Waals surface area contributed by atoms with Crippen LogP contribution in [0.1, 0.15) is 29.7 Å². The summed E-state index contributed by atoms with van der Waals surface area (Å²) in [6, 6.07) is 3.96. The van der Waals surface area contributed by atoms with Crippen LogP contribution < -0.4 is 10.6 Å². The van der Waals surface area contributed by atoms with Crippen molar-refractivity contribution in [1.29, 1.82) is 0 Å². The number of thiophene rings is 1. The lowest BCUT2D eigenvalue weighted by Gasteiger charge is -2.22. The summed E-state index contributed by atoms with van der Waals surface area (Å²) in [4.78, 5) is 24.3. The molecule has 0 saturated carbocycles. The molecule has 2 aromatic heterocycles. The first-order valence-electron chi connectivity index (χ1n) is 6.24. The van der Waals surface area contributed by atoms with Gasteiger partial charge in [0.25, 0.3) is 0 Å². The van der Waals surface area contributed by atoms with E-state index in [1.165, 1.54) is 6.92 Å². The molecule has 0 fully saturated rings. The van der Waals surface area contributed by atoms with Crippen LogP contribution in [0.2, 0.25) is 0 Å². The van der Waals surface area contributed by atoms with Gasteiger partial charge in [-0.2, -0.15) is 5.10 Å². The number of anilines is 2. The fraction of sp³-hybridized carbons (Fsp3) is 0.308. The second-order valence-electron chi connectivity index (χ2n) is 4.74. The van der Waals surface area contributed by atoms with Gasteiger partial charge in [-0.3, -0.25) is 14.3 Å². The van der Waals surface area contributed by atoms with Gasteiger partial charge in [-0.15, -0.1) is 11.3 Å². The molecule has 7 heteroatoms. The number of hydrogen-bond acceptors (Lipinski definition) is 4. The van der Waals surface area contributed by atoms with Crippen LogP contribution in [-0.2, 0) is 16.6 Å². The third-order valence-corrected chi connectivity index (χ3v) is 4.25. The van der Waals surface area contributed by atoms with Crippen molar-refractivity contribution in [1.82, 2.24) is 9.78 Å². The van der Waals surface area contributed by atoms with Crippen molar-refractivity contribution in [3.8, 4) is 0 Å². The summed E-state index contributed by atoms with van der Waals surface area (Å²) in [6.07, 6.45) is 0.367. The van der Waals surface area contributed by atoms with Gasteiger partial charge >= 0.3 is 0 Å². The summed E-state index contributed by atoms with van der Waals surface area (Å²) in [7, 11) is 1.75. The molecule has 3 rings (SSSR count). The van der Waals surface area contributed by atoms with Crippen LogP contribution in [-0.4, -0.2) is 21.6 Å². The molecule has 0 bridgehead atoms. The number of carbonyl (C=O) groups is 2. The van der Waals surface area contributed by atoms with Crippen LogP contribution in [0.15, 0.2) is 17.5 Å². The smallest absolute Gasteiger partial charge is 0.226 e. The Balaban J connectivity index is 2.13. The molecule has 0 saturated heterocycles. The zero-order valence-electron chi connectivity index (χ0n) is 11.1. The Morgan fingerprint density at radius 1 is 1.60 bits per heavy atom. The second kappa shape index (κ2) is 4.75. The number of aromatic nitrogens is 2. The molecule has 0 radical (unpaired) electrons. The van der Waals surface area contributed by atoms with Gasteiger partial charge in [-0.25, -0.2) is 0 Å². The fourth-order valence-corrected chi connectivity index (χ4v) is 3.32. The zero-order chi connectivity index (χ0) is 14.3. The van der Waals surface area contributed by atoms with Gasteiger partial charge in [0.1, 0.15) is 5.82 Å². The molecule has 0 aromatic carbocycles. The maximum Gasteiger partial charge on any atom is 0.226 e. The lowest BCUT2D eigenvalue weighted by molar-refractivity contribution is -0.116. The third-order valence-electron chi connectivity index (χ3n) is 3.26. The number of nitrogens with zero attached hydrogens (tertiary/aromatic N) is 2. The quantitative estimate of drug-likeness (QED) is 0.887. The Labute approximate surface area is 119 Å². The summed E-state index contributed by atoms with van der Waals surface area (Å²) < 4.78 is 1.60. The van der Waals surface area contributed by atoms with E-state index in [9.17, 15) is 9.59 Å². The number of amides is 2. The number of rotatable bonds is 2. The topological polar surface area (TPSA) is 76.0 Å². The summed E-state index contributed by atoms with van der Waals surface area (Å²) in [5.74, 6) is 0.909. The molecule has 1 aliphatic rings. The second-order valence-corrected chi connectivity index (χ2v) is 5.72. The summed E-state index contributed by atoms with van der Waals surface area (Å²) in [6.45, 7) is 1.45. The third kappa shape index (κ3) is 2.09. The fourth-order valence-electron chi connectivity index (χ4n) is 2.48. The molecule has 1 aliphatic heterocycles. The highest BCUT2D eigenvalue weighted by atomic mass is 32.1. The summed E-state index contributed by atoms with van der Waals surface area (Å²) in [5, 5.41) is 11.9. The van der Waals surface area contributed by atoms with E-state index < -0.39 is 0 Å². The van der Waals surface area contributed by atoms with E-state index in [4.69, 9.17) is 0 Å². The van der Waals surface area contributed by atoms with Crippen molar-refractivity contribution in [2.45, 2.75) is 19.3 Å². The lowest BCUT2D eigenvalue weighted by Crippen LogP contribution is -2.24. The van der Waals surface area contributed by atoms with Crippen LogP contribution in [0.25, 0.3) is 0 Å². The van der Waals surface area contributed by atoms with Crippen molar-refractivity contribution in [3.05, 3.63) is 28.0 Å². The molecule has 2 N–H and O–H groups in total. The average molecular weight is 290 g/mol. The van der Waals surface area contributed by atoms with E-state index in [0.717, 1.165) is 10.4 Å². The summed E-state index contributed by atoms with van der Waals surface area (Å²) in [5.41, 5.74) is 0.879. The van der Waals surface area contributed by atoms with E-state index in [1.54, 1.807) is 23.1 Å². The highest BCUT2D eigenvalue weighted by Crippen LogP contribution is 2.42. The van der Waals surface area contributed by atoms with E-state index >= 15 is 0 Å². The van der Waals surface area contributed by atoms with E-state index in [1.807, 2.05) is 17.5 Å². The van der Waals surface area contributed by atoms with E-state index in [-0.39, 0.29) is 17.7 Å². The SMILES string of the molecule is CC(=O)Nc1nn(C)c2c1[C@@H](c1cccs1)CC(=O)N2. The number of carbonyl (C=O) groups excluding carboxylic acids is 2. The first-order chi connectivity index (χ1) is 9.56. The van der Waals surface area contributed by atoms with Crippen LogP contribution in [0.5, 0.6) is 0 Å². The molecule has 3 heterocycles. The molecule has 0 unspecified atom stereocenters. The number of hydrogen-bond donors (Lipinski definition) is 2. The zero-order valence-corrected chi connectivity index (χ0v) is 12.0. The minimum atomic E-state index is -0.173. The predicted molar refractivity (Wildman–Crippen MR) is 76.9 cm³/mol. The molecule has 2 amide bonds. The Kier molecular flexibility index (Phi) is 3.06. The van der Waals surface area contributed by atoms with Crippen molar-refractivity contribution in [3.63, 3.8) is 0 Å². The standard InChI is InChI=1S/C13H14N4O2S/c1-7(18)14-12-11-8(9-4-3-5-20-9)6-10(19)15-13(11)17(2)16-12/h3-5,8H,6H2,1-2H3,(H,15,19)(H,14,16,18)/t8-/m1/s1.